The van der Waals surface area contributed by atoms with Crippen LogP contribution in [0.15, 0.2) is 65.6 Å². The molecule has 0 radical (unpaired) electrons. The van der Waals surface area contributed by atoms with Gasteiger partial charge in [0.2, 0.25) is 10.0 Å². The molecule has 1 heterocycles. The van der Waals surface area contributed by atoms with Gasteiger partial charge >= 0.3 is 0 Å². The number of piperazine rings is 1. The average Bonchev–Trinajstić information content (AvgIpc) is 2.75. The fourth-order valence-corrected chi connectivity index (χ4v) is 5.99. The van der Waals surface area contributed by atoms with Gasteiger partial charge in [0.1, 0.15) is 0 Å². The molecule has 27 heavy (non-hydrogen) atoms. The molecule has 2 aromatic rings. The summed E-state index contributed by atoms with van der Waals surface area (Å²) in [7, 11) is -3.35. The Balaban J connectivity index is 1.31. The summed E-state index contributed by atoms with van der Waals surface area (Å²) in [6.45, 7) is 2.87. The molecule has 0 spiro atoms. The molecule has 1 saturated carbocycles. The number of nitrogens with zero attached hydrogens (tertiary/aromatic N) is 2. The van der Waals surface area contributed by atoms with Crippen molar-refractivity contribution in [1.82, 2.24) is 9.21 Å². The first-order chi connectivity index (χ1) is 13.1. The van der Waals surface area contributed by atoms with Gasteiger partial charge in [0.05, 0.1) is 4.90 Å². The Labute approximate surface area is 162 Å². The SMILES string of the molecule is O=S(=O)(c1ccccc1)N1CCN(C2CCC(c3ccccc3)CC2)CC1. The minimum Gasteiger partial charge on any atom is -0.298 e. The van der Waals surface area contributed by atoms with Gasteiger partial charge in [0.25, 0.3) is 0 Å². The van der Waals surface area contributed by atoms with Crippen molar-refractivity contribution < 1.29 is 8.42 Å². The minimum atomic E-state index is -3.35. The largest absolute Gasteiger partial charge is 0.298 e. The average molecular weight is 385 g/mol. The second-order valence-corrected chi connectivity index (χ2v) is 9.61. The van der Waals surface area contributed by atoms with Gasteiger partial charge < -0.3 is 0 Å². The highest BCUT2D eigenvalue weighted by Gasteiger charge is 2.32. The van der Waals surface area contributed by atoms with Crippen LogP contribution in [0.5, 0.6) is 0 Å². The highest BCUT2D eigenvalue weighted by Crippen LogP contribution is 2.35. The van der Waals surface area contributed by atoms with Crippen LogP contribution in [0.25, 0.3) is 0 Å². The van der Waals surface area contributed by atoms with Crippen molar-refractivity contribution in [3.05, 3.63) is 66.2 Å². The molecule has 2 aliphatic rings. The molecular formula is C22H28N2O2S. The molecule has 144 valence electrons. The molecule has 0 aromatic heterocycles. The van der Waals surface area contributed by atoms with E-state index in [9.17, 15) is 8.42 Å². The van der Waals surface area contributed by atoms with Crippen molar-refractivity contribution >= 4 is 10.0 Å². The number of benzene rings is 2. The van der Waals surface area contributed by atoms with Crippen molar-refractivity contribution in [2.75, 3.05) is 26.2 Å². The molecule has 4 nitrogen and oxygen atoms in total. The quantitative estimate of drug-likeness (QED) is 0.807. The highest BCUT2D eigenvalue weighted by molar-refractivity contribution is 7.89. The summed E-state index contributed by atoms with van der Waals surface area (Å²) in [6, 6.07) is 20.2. The van der Waals surface area contributed by atoms with Crippen LogP contribution in [0, 0.1) is 0 Å². The molecule has 4 rings (SSSR count). The van der Waals surface area contributed by atoms with E-state index >= 15 is 0 Å². The summed E-state index contributed by atoms with van der Waals surface area (Å²) in [5.74, 6) is 0.683. The monoisotopic (exact) mass is 384 g/mol. The molecule has 2 aromatic carbocycles. The van der Waals surface area contributed by atoms with E-state index in [1.807, 2.05) is 6.07 Å². The first-order valence-corrected chi connectivity index (χ1v) is 11.4. The Hall–Kier alpha value is -1.69. The molecule has 1 saturated heterocycles. The zero-order valence-corrected chi connectivity index (χ0v) is 16.5. The van der Waals surface area contributed by atoms with Crippen LogP contribution in [0.1, 0.15) is 37.2 Å². The van der Waals surface area contributed by atoms with E-state index in [1.165, 1.54) is 31.2 Å². The topological polar surface area (TPSA) is 40.6 Å². The highest BCUT2D eigenvalue weighted by atomic mass is 32.2. The Bertz CT molecular complexity index is 823. The molecule has 1 aliphatic carbocycles. The van der Waals surface area contributed by atoms with Crippen molar-refractivity contribution in [2.24, 2.45) is 0 Å². The van der Waals surface area contributed by atoms with Crippen LogP contribution in [0.3, 0.4) is 0 Å². The molecule has 5 heteroatoms. The van der Waals surface area contributed by atoms with Crippen LogP contribution >= 0.6 is 0 Å². The fraction of sp³-hybridized carbons (Fsp3) is 0.455. The summed E-state index contributed by atoms with van der Waals surface area (Å²) < 4.78 is 27.2. The normalized spacial score (nSPS) is 25.3. The molecule has 1 aliphatic heterocycles. The maximum Gasteiger partial charge on any atom is 0.243 e. The lowest BCUT2D eigenvalue weighted by Gasteiger charge is -2.41. The standard InChI is InChI=1S/C22H28N2O2S/c25-27(26,22-9-5-2-6-10-22)24-17-15-23(16-18-24)21-13-11-20(12-14-21)19-7-3-1-4-8-19/h1-10,20-21H,11-18H2. The van der Waals surface area contributed by atoms with Crippen molar-refractivity contribution in [1.29, 1.82) is 0 Å². The van der Waals surface area contributed by atoms with Crippen LogP contribution in [-0.4, -0.2) is 49.8 Å². The molecule has 0 atom stereocenters. The molecule has 0 unspecified atom stereocenters. The van der Waals surface area contributed by atoms with E-state index in [0.29, 0.717) is 29.9 Å². The number of hydrogen-bond donors (Lipinski definition) is 0. The maximum absolute atomic E-state index is 12.8. The third kappa shape index (κ3) is 4.10. The van der Waals surface area contributed by atoms with Gasteiger partial charge in [-0.2, -0.15) is 4.31 Å². The third-order valence-corrected chi connectivity index (χ3v) is 8.05. The zero-order chi connectivity index (χ0) is 18.7. The van der Waals surface area contributed by atoms with Crippen molar-refractivity contribution in [2.45, 2.75) is 42.5 Å². The summed E-state index contributed by atoms with van der Waals surface area (Å²) in [4.78, 5) is 2.92. The first kappa shape index (κ1) is 18.7. The second kappa shape index (κ2) is 8.13. The second-order valence-electron chi connectivity index (χ2n) is 7.67. The van der Waals surface area contributed by atoms with Crippen molar-refractivity contribution in [3.63, 3.8) is 0 Å². The number of hydrogen-bond acceptors (Lipinski definition) is 3. The summed E-state index contributed by atoms with van der Waals surface area (Å²) in [5.41, 5.74) is 1.47. The molecule has 0 bridgehead atoms. The van der Waals surface area contributed by atoms with E-state index < -0.39 is 10.0 Å². The van der Waals surface area contributed by atoms with Crippen LogP contribution in [-0.2, 0) is 10.0 Å². The Morgan fingerprint density at radius 3 is 1.85 bits per heavy atom. The smallest absolute Gasteiger partial charge is 0.243 e. The van der Waals surface area contributed by atoms with E-state index in [4.69, 9.17) is 0 Å². The van der Waals surface area contributed by atoms with Crippen LogP contribution < -0.4 is 0 Å². The molecular weight excluding hydrogens is 356 g/mol. The van der Waals surface area contributed by atoms with Gasteiger partial charge in [-0.05, 0) is 49.3 Å². The van der Waals surface area contributed by atoms with Gasteiger partial charge in [0.15, 0.2) is 0 Å². The molecule has 0 N–H and O–H groups in total. The lowest BCUT2D eigenvalue weighted by molar-refractivity contribution is 0.107. The number of sulfonamides is 1. The maximum atomic E-state index is 12.8. The predicted molar refractivity (Wildman–Crippen MR) is 108 cm³/mol. The minimum absolute atomic E-state index is 0.404. The van der Waals surface area contributed by atoms with Crippen LogP contribution in [0.4, 0.5) is 0 Å². The molecule has 0 amide bonds. The van der Waals surface area contributed by atoms with Gasteiger partial charge in [-0.15, -0.1) is 0 Å². The third-order valence-electron chi connectivity index (χ3n) is 6.14. The van der Waals surface area contributed by atoms with E-state index in [2.05, 4.69) is 35.2 Å². The lowest BCUT2D eigenvalue weighted by Crippen LogP contribution is -2.52. The van der Waals surface area contributed by atoms with Gasteiger partial charge in [-0.3, -0.25) is 4.90 Å². The Morgan fingerprint density at radius 2 is 1.26 bits per heavy atom. The first-order valence-electron chi connectivity index (χ1n) is 9.99. The summed E-state index contributed by atoms with van der Waals surface area (Å²) in [5, 5.41) is 0. The van der Waals surface area contributed by atoms with Gasteiger partial charge in [0, 0.05) is 32.2 Å². The van der Waals surface area contributed by atoms with Crippen LogP contribution in [0.2, 0.25) is 0 Å². The Morgan fingerprint density at radius 1 is 0.704 bits per heavy atom. The van der Waals surface area contributed by atoms with E-state index in [-0.39, 0.29) is 0 Å². The van der Waals surface area contributed by atoms with Gasteiger partial charge in [-0.25, -0.2) is 8.42 Å². The zero-order valence-electron chi connectivity index (χ0n) is 15.7. The fourth-order valence-electron chi connectivity index (χ4n) is 4.55. The summed E-state index contributed by atoms with van der Waals surface area (Å²) >= 11 is 0. The Kier molecular flexibility index (Phi) is 5.62. The number of rotatable bonds is 4. The van der Waals surface area contributed by atoms with E-state index in [0.717, 1.165) is 13.1 Å². The lowest BCUT2D eigenvalue weighted by atomic mass is 9.81. The molecule has 2 fully saturated rings. The van der Waals surface area contributed by atoms with Gasteiger partial charge in [-0.1, -0.05) is 48.5 Å². The van der Waals surface area contributed by atoms with E-state index in [1.54, 1.807) is 28.6 Å². The van der Waals surface area contributed by atoms with Crippen molar-refractivity contribution in [3.8, 4) is 0 Å². The summed E-state index contributed by atoms with van der Waals surface area (Å²) in [6.07, 6.45) is 4.89. The predicted octanol–water partition coefficient (Wildman–Crippen LogP) is 3.72.